The van der Waals surface area contributed by atoms with Crippen LogP contribution >= 0.6 is 0 Å². The molecule has 0 saturated carbocycles. The third kappa shape index (κ3) is 17.1. The lowest BCUT2D eigenvalue weighted by Crippen LogP contribution is -2.29. The van der Waals surface area contributed by atoms with Crippen molar-refractivity contribution in [2.75, 3.05) is 14.1 Å². The quantitative estimate of drug-likeness (QED) is 0.211. The van der Waals surface area contributed by atoms with Gasteiger partial charge in [-0.05, 0) is 32.9 Å². The van der Waals surface area contributed by atoms with Crippen molar-refractivity contribution in [1.82, 2.24) is 4.90 Å². The first-order chi connectivity index (χ1) is 12.1. The van der Waals surface area contributed by atoms with Crippen molar-refractivity contribution in [2.45, 2.75) is 136 Å². The molecule has 0 aromatic rings. The fourth-order valence-electron chi connectivity index (χ4n) is 3.96. The third-order valence-corrected chi connectivity index (χ3v) is 5.85. The van der Waals surface area contributed by atoms with Gasteiger partial charge in [0.15, 0.2) is 0 Å². The molecule has 2 unspecified atom stereocenters. The molecule has 1 heteroatoms. The van der Waals surface area contributed by atoms with Gasteiger partial charge in [0, 0.05) is 6.04 Å². The van der Waals surface area contributed by atoms with E-state index in [0.29, 0.717) is 0 Å². The zero-order chi connectivity index (χ0) is 18.8. The Morgan fingerprint density at radius 3 is 1.40 bits per heavy atom. The lowest BCUT2D eigenvalue weighted by Gasteiger charge is -2.27. The summed E-state index contributed by atoms with van der Waals surface area (Å²) in [6.07, 6.45) is 24.3. The summed E-state index contributed by atoms with van der Waals surface area (Å²) in [4.78, 5) is 2.49. The highest BCUT2D eigenvalue weighted by molar-refractivity contribution is 4.70. The standard InChI is InChI=1S/C24H51N/c1-6-8-10-12-14-15-17-19-21-24(25(4)5)22-23(3)20-18-16-13-11-9-7-2/h23-24H,6-22H2,1-5H3. The molecule has 0 spiro atoms. The molecule has 0 aliphatic heterocycles. The van der Waals surface area contributed by atoms with Gasteiger partial charge in [0.05, 0.1) is 0 Å². The second-order valence-electron chi connectivity index (χ2n) is 8.78. The highest BCUT2D eigenvalue weighted by atomic mass is 15.1. The van der Waals surface area contributed by atoms with Crippen LogP contribution < -0.4 is 0 Å². The van der Waals surface area contributed by atoms with Gasteiger partial charge in [-0.2, -0.15) is 0 Å². The summed E-state index contributed by atoms with van der Waals surface area (Å²) in [7, 11) is 4.57. The molecule has 0 aromatic heterocycles. The maximum absolute atomic E-state index is 2.49. The minimum Gasteiger partial charge on any atom is -0.306 e. The molecule has 0 aliphatic rings. The van der Waals surface area contributed by atoms with E-state index in [2.05, 4.69) is 39.8 Å². The van der Waals surface area contributed by atoms with Crippen molar-refractivity contribution in [3.63, 3.8) is 0 Å². The van der Waals surface area contributed by atoms with Crippen molar-refractivity contribution < 1.29 is 0 Å². The van der Waals surface area contributed by atoms with Crippen LogP contribution in [0.3, 0.4) is 0 Å². The number of rotatable bonds is 19. The van der Waals surface area contributed by atoms with Crippen molar-refractivity contribution >= 4 is 0 Å². The summed E-state index contributed by atoms with van der Waals surface area (Å²) in [5.41, 5.74) is 0. The molecular weight excluding hydrogens is 302 g/mol. The lowest BCUT2D eigenvalue weighted by atomic mass is 9.92. The third-order valence-electron chi connectivity index (χ3n) is 5.85. The van der Waals surface area contributed by atoms with Gasteiger partial charge in [-0.1, -0.05) is 117 Å². The first-order valence-corrected chi connectivity index (χ1v) is 11.8. The minimum absolute atomic E-state index is 0.801. The number of hydrogen-bond donors (Lipinski definition) is 0. The Hall–Kier alpha value is -0.0400. The van der Waals surface area contributed by atoms with E-state index in [0.717, 1.165) is 12.0 Å². The van der Waals surface area contributed by atoms with E-state index in [-0.39, 0.29) is 0 Å². The van der Waals surface area contributed by atoms with Gasteiger partial charge in [-0.25, -0.2) is 0 Å². The van der Waals surface area contributed by atoms with Crippen LogP contribution in [0.5, 0.6) is 0 Å². The average molecular weight is 354 g/mol. The van der Waals surface area contributed by atoms with Gasteiger partial charge in [-0.15, -0.1) is 0 Å². The Kier molecular flexibility index (Phi) is 18.7. The summed E-state index contributed by atoms with van der Waals surface area (Å²) in [6, 6.07) is 0.801. The number of unbranched alkanes of at least 4 members (excludes halogenated alkanes) is 12. The van der Waals surface area contributed by atoms with Crippen molar-refractivity contribution in [3.05, 3.63) is 0 Å². The summed E-state index contributed by atoms with van der Waals surface area (Å²) >= 11 is 0. The SMILES string of the molecule is CCCCCCCCCCC(CC(C)CCCCCCCC)N(C)C. The van der Waals surface area contributed by atoms with E-state index in [1.165, 1.54) is 109 Å². The second kappa shape index (κ2) is 18.7. The molecule has 0 fully saturated rings. The molecule has 152 valence electrons. The van der Waals surface area contributed by atoms with Crippen molar-refractivity contribution in [3.8, 4) is 0 Å². The van der Waals surface area contributed by atoms with E-state index in [4.69, 9.17) is 0 Å². The fourth-order valence-corrected chi connectivity index (χ4v) is 3.96. The summed E-state index contributed by atoms with van der Waals surface area (Å²) in [6.45, 7) is 7.08. The number of nitrogens with zero attached hydrogens (tertiary/aromatic N) is 1. The van der Waals surface area contributed by atoms with Crippen LogP contribution in [0.2, 0.25) is 0 Å². The van der Waals surface area contributed by atoms with Crippen LogP contribution in [0.1, 0.15) is 130 Å². The first kappa shape index (κ1) is 25.0. The maximum atomic E-state index is 2.49. The largest absolute Gasteiger partial charge is 0.306 e. The van der Waals surface area contributed by atoms with E-state index < -0.39 is 0 Å². The van der Waals surface area contributed by atoms with Crippen molar-refractivity contribution in [1.29, 1.82) is 0 Å². The molecule has 0 aromatic carbocycles. The molecule has 25 heavy (non-hydrogen) atoms. The highest BCUT2D eigenvalue weighted by Gasteiger charge is 2.15. The monoisotopic (exact) mass is 353 g/mol. The molecule has 0 N–H and O–H groups in total. The van der Waals surface area contributed by atoms with E-state index >= 15 is 0 Å². The summed E-state index contributed by atoms with van der Waals surface area (Å²) < 4.78 is 0. The second-order valence-corrected chi connectivity index (χ2v) is 8.78. The molecular formula is C24H51N. The molecule has 0 amide bonds. The first-order valence-electron chi connectivity index (χ1n) is 11.8. The van der Waals surface area contributed by atoms with Gasteiger partial charge in [0.1, 0.15) is 0 Å². The van der Waals surface area contributed by atoms with E-state index in [1.54, 1.807) is 0 Å². The Morgan fingerprint density at radius 2 is 0.960 bits per heavy atom. The molecule has 0 rings (SSSR count). The normalized spacial score (nSPS) is 14.2. The molecule has 2 atom stereocenters. The van der Waals surface area contributed by atoms with Crippen LogP contribution in [0.4, 0.5) is 0 Å². The van der Waals surface area contributed by atoms with Crippen LogP contribution in [-0.2, 0) is 0 Å². The van der Waals surface area contributed by atoms with Gasteiger partial charge in [-0.3, -0.25) is 0 Å². The fraction of sp³-hybridized carbons (Fsp3) is 1.00. The smallest absolute Gasteiger partial charge is 0.00917 e. The molecule has 1 nitrogen and oxygen atoms in total. The molecule has 0 heterocycles. The highest BCUT2D eigenvalue weighted by Crippen LogP contribution is 2.21. The average Bonchev–Trinajstić information content (AvgIpc) is 2.59. The molecule has 0 radical (unpaired) electrons. The van der Waals surface area contributed by atoms with E-state index in [9.17, 15) is 0 Å². The zero-order valence-corrected chi connectivity index (χ0v) is 18.6. The van der Waals surface area contributed by atoms with Crippen molar-refractivity contribution in [2.24, 2.45) is 5.92 Å². The predicted molar refractivity (Wildman–Crippen MR) is 116 cm³/mol. The van der Waals surface area contributed by atoms with Gasteiger partial charge < -0.3 is 4.90 Å². The Labute approximate surface area is 161 Å². The van der Waals surface area contributed by atoms with Crippen LogP contribution in [0.25, 0.3) is 0 Å². The maximum Gasteiger partial charge on any atom is 0.00917 e. The van der Waals surface area contributed by atoms with Gasteiger partial charge in [0.25, 0.3) is 0 Å². The zero-order valence-electron chi connectivity index (χ0n) is 18.6. The molecule has 0 bridgehead atoms. The van der Waals surface area contributed by atoms with Crippen LogP contribution in [0, 0.1) is 5.92 Å². The van der Waals surface area contributed by atoms with E-state index in [1.807, 2.05) is 0 Å². The summed E-state index contributed by atoms with van der Waals surface area (Å²) in [5, 5.41) is 0. The Morgan fingerprint density at radius 1 is 0.560 bits per heavy atom. The van der Waals surface area contributed by atoms with Gasteiger partial charge >= 0.3 is 0 Å². The number of hydrogen-bond acceptors (Lipinski definition) is 1. The summed E-state index contributed by atoms with van der Waals surface area (Å²) in [5.74, 6) is 0.896. The van der Waals surface area contributed by atoms with Crippen LogP contribution in [0.15, 0.2) is 0 Å². The molecule has 0 saturated heterocycles. The Bertz CT molecular complexity index is 248. The molecule has 0 aliphatic carbocycles. The topological polar surface area (TPSA) is 3.24 Å². The van der Waals surface area contributed by atoms with Gasteiger partial charge in [0.2, 0.25) is 0 Å². The minimum atomic E-state index is 0.801. The van der Waals surface area contributed by atoms with Crippen LogP contribution in [-0.4, -0.2) is 25.0 Å². The Balaban J connectivity index is 3.68. The predicted octanol–water partition coefficient (Wildman–Crippen LogP) is 8.22. The lowest BCUT2D eigenvalue weighted by molar-refractivity contribution is 0.225.